The highest BCUT2D eigenvalue weighted by atomic mass is 32.1. The predicted octanol–water partition coefficient (Wildman–Crippen LogP) is 4.35. The molecule has 0 aliphatic carbocycles. The maximum atomic E-state index is 5.94. The van der Waals surface area contributed by atoms with Gasteiger partial charge in [-0.1, -0.05) is 32.0 Å². The van der Waals surface area contributed by atoms with Crippen molar-refractivity contribution in [2.75, 3.05) is 12.4 Å². The van der Waals surface area contributed by atoms with E-state index in [1.54, 1.807) is 6.20 Å². The summed E-state index contributed by atoms with van der Waals surface area (Å²) in [6.07, 6.45) is 3.96. The van der Waals surface area contributed by atoms with Gasteiger partial charge in [-0.15, -0.1) is 0 Å². The Morgan fingerprint density at radius 1 is 1.21 bits per heavy atom. The van der Waals surface area contributed by atoms with Crippen molar-refractivity contribution in [1.29, 1.82) is 0 Å². The topological polar surface area (TPSA) is 22.1 Å². The molecule has 1 aromatic carbocycles. The molecule has 0 N–H and O–H groups in total. The van der Waals surface area contributed by atoms with E-state index >= 15 is 0 Å². The van der Waals surface area contributed by atoms with Gasteiger partial charge in [-0.3, -0.25) is 4.98 Å². The Morgan fingerprint density at radius 2 is 1.95 bits per heavy atom. The molecule has 3 heteroatoms. The Hall–Kier alpha value is -1.22. The lowest BCUT2D eigenvalue weighted by Crippen LogP contribution is -2.29. The Morgan fingerprint density at radius 3 is 2.63 bits per heavy atom. The zero-order chi connectivity index (χ0) is 13.7. The summed E-state index contributed by atoms with van der Waals surface area (Å²) < 4.78 is 5.94. The Kier molecular flexibility index (Phi) is 4.70. The van der Waals surface area contributed by atoms with Gasteiger partial charge in [-0.25, -0.2) is 0 Å². The molecular weight excluding hydrogens is 254 g/mol. The second-order valence-electron chi connectivity index (χ2n) is 5.02. The minimum absolute atomic E-state index is 0.161. The van der Waals surface area contributed by atoms with Gasteiger partial charge in [0.15, 0.2) is 0 Å². The maximum Gasteiger partial charge on any atom is 0.138 e. The second kappa shape index (κ2) is 6.29. The average Bonchev–Trinajstić information content (AvgIpc) is 2.49. The van der Waals surface area contributed by atoms with Crippen LogP contribution in [0.5, 0.6) is 5.75 Å². The van der Waals surface area contributed by atoms with Gasteiger partial charge in [0.1, 0.15) is 5.75 Å². The molecule has 2 aromatic rings. The molecule has 0 atom stereocenters. The van der Waals surface area contributed by atoms with Crippen molar-refractivity contribution in [3.63, 3.8) is 0 Å². The van der Waals surface area contributed by atoms with Crippen LogP contribution in [0.15, 0.2) is 36.5 Å². The van der Waals surface area contributed by atoms with Crippen molar-refractivity contribution >= 4 is 23.5 Å². The highest BCUT2D eigenvalue weighted by molar-refractivity contribution is 7.80. The first kappa shape index (κ1) is 14.2. The van der Waals surface area contributed by atoms with E-state index in [9.17, 15) is 0 Å². The van der Waals surface area contributed by atoms with Crippen LogP contribution < -0.4 is 4.74 Å². The summed E-state index contributed by atoms with van der Waals surface area (Å²) in [5.41, 5.74) is 1.16. The van der Waals surface area contributed by atoms with Gasteiger partial charge in [-0.05, 0) is 30.7 Å². The van der Waals surface area contributed by atoms with E-state index in [4.69, 9.17) is 4.74 Å². The minimum Gasteiger partial charge on any atom is -0.491 e. The number of hydrogen-bond donors (Lipinski definition) is 1. The van der Waals surface area contributed by atoms with Crippen molar-refractivity contribution in [2.45, 2.75) is 26.7 Å². The molecule has 0 bridgehead atoms. The third-order valence-corrected chi connectivity index (χ3v) is 4.62. The summed E-state index contributed by atoms with van der Waals surface area (Å²) in [4.78, 5) is 4.42. The summed E-state index contributed by atoms with van der Waals surface area (Å²) in [5, 5.41) is 1.12. The summed E-state index contributed by atoms with van der Waals surface area (Å²) in [6, 6.07) is 10.1. The molecule has 2 rings (SSSR count). The summed E-state index contributed by atoms with van der Waals surface area (Å²) in [6.45, 7) is 5.09. The van der Waals surface area contributed by atoms with Crippen LogP contribution in [-0.4, -0.2) is 17.3 Å². The van der Waals surface area contributed by atoms with E-state index in [2.05, 4.69) is 43.6 Å². The first-order valence-electron chi connectivity index (χ1n) is 6.81. The molecule has 0 fully saturated rings. The van der Waals surface area contributed by atoms with Crippen LogP contribution in [0.1, 0.15) is 26.7 Å². The average molecular weight is 275 g/mol. The molecule has 0 aliphatic heterocycles. The molecule has 19 heavy (non-hydrogen) atoms. The fourth-order valence-electron chi connectivity index (χ4n) is 2.09. The fraction of sp³-hybridized carbons (Fsp3) is 0.438. The predicted molar refractivity (Wildman–Crippen MR) is 84.1 cm³/mol. The number of ether oxygens (including phenoxy) is 1. The molecule has 1 heterocycles. The minimum atomic E-state index is 0.161. The van der Waals surface area contributed by atoms with Crippen LogP contribution in [-0.2, 0) is 0 Å². The van der Waals surface area contributed by atoms with E-state index in [0.29, 0.717) is 6.61 Å². The van der Waals surface area contributed by atoms with Crippen molar-refractivity contribution in [1.82, 2.24) is 4.98 Å². The number of fused-ring (bicyclic) bond motifs is 1. The second-order valence-corrected chi connectivity index (χ2v) is 5.33. The third-order valence-electron chi connectivity index (χ3n) is 3.95. The van der Waals surface area contributed by atoms with Gasteiger partial charge < -0.3 is 4.74 Å². The van der Waals surface area contributed by atoms with Gasteiger partial charge in [-0.2, -0.15) is 12.6 Å². The number of aromatic nitrogens is 1. The van der Waals surface area contributed by atoms with Crippen molar-refractivity contribution < 1.29 is 4.74 Å². The molecule has 0 unspecified atom stereocenters. The molecule has 2 nitrogen and oxygen atoms in total. The van der Waals surface area contributed by atoms with Crippen LogP contribution in [0, 0.1) is 5.41 Å². The van der Waals surface area contributed by atoms with Crippen molar-refractivity contribution in [2.24, 2.45) is 5.41 Å². The van der Waals surface area contributed by atoms with Crippen LogP contribution >= 0.6 is 12.6 Å². The number of hydrogen-bond acceptors (Lipinski definition) is 3. The Labute approximate surface area is 120 Å². The smallest absolute Gasteiger partial charge is 0.138 e. The number of benzene rings is 1. The number of rotatable bonds is 6. The lowest BCUT2D eigenvalue weighted by atomic mass is 9.85. The van der Waals surface area contributed by atoms with Crippen LogP contribution in [0.2, 0.25) is 0 Å². The van der Waals surface area contributed by atoms with Gasteiger partial charge in [0.2, 0.25) is 0 Å². The summed E-state index contributed by atoms with van der Waals surface area (Å²) in [5.74, 6) is 1.69. The Balaban J connectivity index is 2.13. The molecule has 1 aromatic heterocycles. The summed E-state index contributed by atoms with van der Waals surface area (Å²) in [7, 11) is 0. The third kappa shape index (κ3) is 3.21. The number of pyridine rings is 1. The van der Waals surface area contributed by atoms with Crippen LogP contribution in [0.25, 0.3) is 10.9 Å². The van der Waals surface area contributed by atoms with Gasteiger partial charge in [0.05, 0.1) is 18.3 Å². The molecule has 102 valence electrons. The molecule has 0 radical (unpaired) electrons. The largest absolute Gasteiger partial charge is 0.491 e. The molecular formula is C16H21NOS. The van der Waals surface area contributed by atoms with Crippen LogP contribution in [0.4, 0.5) is 0 Å². The zero-order valence-corrected chi connectivity index (χ0v) is 12.5. The van der Waals surface area contributed by atoms with E-state index in [-0.39, 0.29) is 5.41 Å². The first-order valence-corrected chi connectivity index (χ1v) is 7.45. The summed E-state index contributed by atoms with van der Waals surface area (Å²) >= 11 is 4.47. The van der Waals surface area contributed by atoms with E-state index in [1.165, 1.54) is 0 Å². The van der Waals surface area contributed by atoms with Gasteiger partial charge in [0, 0.05) is 10.8 Å². The molecule has 0 spiro atoms. The highest BCUT2D eigenvalue weighted by Crippen LogP contribution is 2.29. The number of thiol groups is 1. The zero-order valence-electron chi connectivity index (χ0n) is 11.6. The van der Waals surface area contributed by atoms with E-state index in [0.717, 1.165) is 35.2 Å². The quantitative estimate of drug-likeness (QED) is 0.792. The van der Waals surface area contributed by atoms with Gasteiger partial charge in [0.25, 0.3) is 0 Å². The molecule has 0 saturated heterocycles. The normalized spacial score (nSPS) is 11.7. The van der Waals surface area contributed by atoms with Gasteiger partial charge >= 0.3 is 0 Å². The monoisotopic (exact) mass is 275 g/mol. The first-order chi connectivity index (χ1) is 9.23. The lowest BCUT2D eigenvalue weighted by Gasteiger charge is -2.29. The number of nitrogens with zero attached hydrogens (tertiary/aromatic N) is 1. The molecule has 0 aliphatic rings. The highest BCUT2D eigenvalue weighted by Gasteiger charge is 2.25. The molecule has 0 saturated carbocycles. The van der Waals surface area contributed by atoms with E-state index < -0.39 is 0 Å². The maximum absolute atomic E-state index is 5.94. The van der Waals surface area contributed by atoms with Crippen molar-refractivity contribution in [3.8, 4) is 5.75 Å². The van der Waals surface area contributed by atoms with E-state index in [1.807, 2.05) is 18.2 Å². The Bertz CT molecular complexity index is 529. The standard InChI is InChI=1S/C16H21NOS/c1-3-16(4-2,12-19)11-18-14-9-13-7-5-6-8-15(13)17-10-14/h5-10,19H,3-4,11-12H2,1-2H3. The van der Waals surface area contributed by atoms with Crippen molar-refractivity contribution in [3.05, 3.63) is 36.5 Å². The lowest BCUT2D eigenvalue weighted by molar-refractivity contribution is 0.157. The SMILES string of the molecule is CCC(CC)(CS)COc1cnc2ccccc2c1. The number of para-hydroxylation sites is 1. The molecule has 0 amide bonds. The fourth-order valence-corrected chi connectivity index (χ4v) is 2.63. The van der Waals surface area contributed by atoms with Crippen LogP contribution in [0.3, 0.4) is 0 Å².